The number of alkyl halides is 3. The number of nitrogens with zero attached hydrogens (tertiary/aromatic N) is 1. The topological polar surface area (TPSA) is 26.0 Å². The van der Waals surface area contributed by atoms with E-state index in [0.717, 1.165) is 30.2 Å². The second kappa shape index (κ2) is 5.16. The molecule has 112 valence electrons. The van der Waals surface area contributed by atoms with Crippen molar-refractivity contribution in [3.63, 3.8) is 0 Å². The fourth-order valence-corrected chi connectivity index (χ4v) is 2.76. The minimum absolute atomic E-state index is 0.395. The van der Waals surface area contributed by atoms with Crippen LogP contribution in [-0.2, 0) is 12.6 Å². The Hall–Kier alpha value is -1.30. The lowest BCUT2D eigenvalue weighted by atomic mass is 10.00. The van der Waals surface area contributed by atoms with Gasteiger partial charge in [0.15, 0.2) is 0 Å². The van der Waals surface area contributed by atoms with Gasteiger partial charge in [0.25, 0.3) is 0 Å². The summed E-state index contributed by atoms with van der Waals surface area (Å²) in [5.74, 6) is 1.09. The molecule has 0 amide bonds. The zero-order chi connectivity index (χ0) is 15.2. The third kappa shape index (κ3) is 3.00. The van der Waals surface area contributed by atoms with Crippen molar-refractivity contribution in [3.05, 3.63) is 50.8 Å². The predicted octanol–water partition coefficient (Wildman–Crippen LogP) is 5.23. The van der Waals surface area contributed by atoms with Crippen molar-refractivity contribution in [2.75, 3.05) is 0 Å². The van der Waals surface area contributed by atoms with Crippen LogP contribution in [0.1, 0.15) is 46.9 Å². The molecule has 0 spiro atoms. The summed E-state index contributed by atoms with van der Waals surface area (Å²) >= 11 is 3.33. The molecule has 1 aliphatic carbocycles. The van der Waals surface area contributed by atoms with Gasteiger partial charge >= 0.3 is 6.18 Å². The van der Waals surface area contributed by atoms with Gasteiger partial charge in [-0.05, 0) is 43.5 Å². The smallest absolute Gasteiger partial charge is 0.361 e. The van der Waals surface area contributed by atoms with E-state index in [1.807, 2.05) is 0 Å². The van der Waals surface area contributed by atoms with Crippen LogP contribution >= 0.6 is 15.9 Å². The molecule has 21 heavy (non-hydrogen) atoms. The highest BCUT2D eigenvalue weighted by molar-refractivity contribution is 9.10. The van der Waals surface area contributed by atoms with Crippen molar-refractivity contribution in [2.45, 2.75) is 38.3 Å². The van der Waals surface area contributed by atoms with Gasteiger partial charge in [-0.25, -0.2) is 0 Å². The monoisotopic (exact) mass is 359 g/mol. The van der Waals surface area contributed by atoms with Crippen molar-refractivity contribution in [2.24, 2.45) is 0 Å². The van der Waals surface area contributed by atoms with Crippen LogP contribution < -0.4 is 0 Å². The summed E-state index contributed by atoms with van der Waals surface area (Å²) in [6, 6.07) is 3.71. The van der Waals surface area contributed by atoms with Crippen molar-refractivity contribution >= 4 is 15.9 Å². The van der Waals surface area contributed by atoms with E-state index in [-0.39, 0.29) is 0 Å². The molecule has 0 unspecified atom stereocenters. The Kier molecular flexibility index (Phi) is 3.59. The number of benzene rings is 1. The first-order chi connectivity index (χ1) is 9.86. The first-order valence-electron chi connectivity index (χ1n) is 6.67. The molecule has 1 aromatic heterocycles. The summed E-state index contributed by atoms with van der Waals surface area (Å²) in [5, 5.41) is 4.06. The third-order valence-corrected chi connectivity index (χ3v) is 4.49. The second-order valence-electron chi connectivity index (χ2n) is 5.36. The second-order valence-corrected chi connectivity index (χ2v) is 6.21. The van der Waals surface area contributed by atoms with Crippen molar-refractivity contribution in [3.8, 4) is 0 Å². The Morgan fingerprint density at radius 1 is 1.33 bits per heavy atom. The first kappa shape index (κ1) is 14.6. The van der Waals surface area contributed by atoms with E-state index in [1.165, 1.54) is 12.1 Å². The van der Waals surface area contributed by atoms with Gasteiger partial charge in [0.2, 0.25) is 0 Å². The van der Waals surface area contributed by atoms with Gasteiger partial charge in [0.1, 0.15) is 5.76 Å². The highest BCUT2D eigenvalue weighted by Gasteiger charge is 2.33. The number of hydrogen-bond donors (Lipinski definition) is 0. The zero-order valence-electron chi connectivity index (χ0n) is 11.3. The Labute approximate surface area is 128 Å². The fraction of sp³-hybridized carbons (Fsp3) is 0.400. The van der Waals surface area contributed by atoms with Gasteiger partial charge in [0.05, 0.1) is 11.3 Å². The molecule has 6 heteroatoms. The predicted molar refractivity (Wildman–Crippen MR) is 75.2 cm³/mol. The van der Waals surface area contributed by atoms with E-state index in [4.69, 9.17) is 4.52 Å². The van der Waals surface area contributed by atoms with Crippen LogP contribution in [0, 0.1) is 6.92 Å². The SMILES string of the molecule is Cc1onc(C2CC2)c1Cc1cc(C(F)(F)F)ccc1Br. The highest BCUT2D eigenvalue weighted by Crippen LogP contribution is 2.42. The van der Waals surface area contributed by atoms with Crippen LogP contribution in [0.3, 0.4) is 0 Å². The number of halogens is 4. The molecule has 0 N–H and O–H groups in total. The Bertz CT molecular complexity index is 674. The Morgan fingerprint density at radius 3 is 2.67 bits per heavy atom. The number of rotatable bonds is 3. The van der Waals surface area contributed by atoms with Gasteiger partial charge in [-0.2, -0.15) is 13.2 Å². The normalized spacial score (nSPS) is 15.5. The molecular weight excluding hydrogens is 347 g/mol. The fourth-order valence-electron chi connectivity index (χ4n) is 2.38. The molecule has 1 aliphatic rings. The largest absolute Gasteiger partial charge is 0.416 e. The van der Waals surface area contributed by atoms with Gasteiger partial charge in [0, 0.05) is 22.4 Å². The highest BCUT2D eigenvalue weighted by atomic mass is 79.9. The molecule has 0 radical (unpaired) electrons. The minimum Gasteiger partial charge on any atom is -0.361 e. The van der Waals surface area contributed by atoms with E-state index < -0.39 is 11.7 Å². The average Bonchev–Trinajstić information content (AvgIpc) is 3.17. The van der Waals surface area contributed by atoms with E-state index in [0.29, 0.717) is 28.1 Å². The Balaban J connectivity index is 1.96. The van der Waals surface area contributed by atoms with Crippen LogP contribution in [0.4, 0.5) is 13.2 Å². The molecule has 2 nitrogen and oxygen atoms in total. The molecule has 0 atom stereocenters. The van der Waals surface area contributed by atoms with Gasteiger partial charge in [-0.3, -0.25) is 0 Å². The maximum atomic E-state index is 12.8. The number of hydrogen-bond acceptors (Lipinski definition) is 2. The zero-order valence-corrected chi connectivity index (χ0v) is 12.9. The first-order valence-corrected chi connectivity index (χ1v) is 7.46. The van der Waals surface area contributed by atoms with Crippen LogP contribution in [0.2, 0.25) is 0 Å². The van der Waals surface area contributed by atoms with E-state index in [2.05, 4.69) is 21.1 Å². The van der Waals surface area contributed by atoms with Crippen molar-refractivity contribution in [1.29, 1.82) is 0 Å². The Morgan fingerprint density at radius 2 is 2.05 bits per heavy atom. The lowest BCUT2D eigenvalue weighted by Gasteiger charge is -2.11. The van der Waals surface area contributed by atoms with Crippen molar-refractivity contribution in [1.82, 2.24) is 5.16 Å². The molecule has 1 saturated carbocycles. The molecule has 0 aliphatic heterocycles. The maximum absolute atomic E-state index is 12.8. The standard InChI is InChI=1S/C15H13BrF3NO/c1-8-12(14(20-21-8)9-2-3-9)7-10-6-11(15(17,18)19)4-5-13(10)16/h4-6,9H,2-3,7H2,1H3. The minimum atomic E-state index is -4.33. The molecular formula is C15H13BrF3NO. The van der Waals surface area contributed by atoms with Gasteiger partial charge in [-0.15, -0.1) is 0 Å². The summed E-state index contributed by atoms with van der Waals surface area (Å²) < 4.78 is 44.4. The summed E-state index contributed by atoms with van der Waals surface area (Å²) in [6.07, 6.45) is -1.80. The number of aromatic nitrogens is 1. The summed E-state index contributed by atoms with van der Waals surface area (Å²) in [7, 11) is 0. The molecule has 1 aromatic carbocycles. The van der Waals surface area contributed by atoms with Gasteiger partial charge < -0.3 is 4.52 Å². The van der Waals surface area contributed by atoms with Crippen LogP contribution in [-0.4, -0.2) is 5.16 Å². The molecule has 0 bridgehead atoms. The van der Waals surface area contributed by atoms with Crippen LogP contribution in [0.5, 0.6) is 0 Å². The van der Waals surface area contributed by atoms with E-state index >= 15 is 0 Å². The molecule has 1 heterocycles. The maximum Gasteiger partial charge on any atom is 0.416 e. The summed E-state index contributed by atoms with van der Waals surface area (Å²) in [6.45, 7) is 1.80. The number of aryl methyl sites for hydroxylation is 1. The average molecular weight is 360 g/mol. The molecule has 2 aromatic rings. The summed E-state index contributed by atoms with van der Waals surface area (Å²) in [4.78, 5) is 0. The molecule has 0 saturated heterocycles. The van der Waals surface area contributed by atoms with E-state index in [9.17, 15) is 13.2 Å². The van der Waals surface area contributed by atoms with Gasteiger partial charge in [-0.1, -0.05) is 21.1 Å². The van der Waals surface area contributed by atoms with Crippen LogP contribution in [0.15, 0.2) is 27.2 Å². The molecule has 3 rings (SSSR count). The third-order valence-electron chi connectivity index (χ3n) is 3.72. The quantitative estimate of drug-likeness (QED) is 0.749. The van der Waals surface area contributed by atoms with Crippen molar-refractivity contribution < 1.29 is 17.7 Å². The molecule has 1 fully saturated rings. The summed E-state index contributed by atoms with van der Waals surface area (Å²) in [5.41, 5.74) is 1.77. The van der Waals surface area contributed by atoms with Crippen LogP contribution in [0.25, 0.3) is 0 Å². The lowest BCUT2D eigenvalue weighted by Crippen LogP contribution is -2.06. The lowest BCUT2D eigenvalue weighted by molar-refractivity contribution is -0.137. The van der Waals surface area contributed by atoms with E-state index in [1.54, 1.807) is 6.92 Å².